The summed E-state index contributed by atoms with van der Waals surface area (Å²) in [5, 5.41) is 10.8. The van der Waals surface area contributed by atoms with Crippen molar-refractivity contribution in [2.24, 2.45) is 0 Å². The summed E-state index contributed by atoms with van der Waals surface area (Å²) >= 11 is 0. The number of aryl methyl sites for hydroxylation is 2. The molecule has 4 aromatic rings. The van der Waals surface area contributed by atoms with Crippen molar-refractivity contribution in [1.82, 2.24) is 0 Å². The van der Waals surface area contributed by atoms with E-state index in [0.717, 1.165) is 11.1 Å². The Morgan fingerprint density at radius 3 is 2.23 bits per heavy atom. The zero-order valence-electron chi connectivity index (χ0n) is 14.4. The second-order valence-corrected chi connectivity index (χ2v) is 6.49. The highest BCUT2D eigenvalue weighted by Gasteiger charge is 2.16. The third-order valence-corrected chi connectivity index (χ3v) is 4.48. The lowest BCUT2D eigenvalue weighted by atomic mass is 9.99. The van der Waals surface area contributed by atoms with Crippen molar-refractivity contribution >= 4 is 27.7 Å². The normalized spacial score (nSPS) is 11.2. The van der Waals surface area contributed by atoms with Crippen molar-refractivity contribution in [3.05, 3.63) is 87.1 Å². The molecule has 4 nitrogen and oxygen atoms in total. The van der Waals surface area contributed by atoms with Crippen LogP contribution in [-0.4, -0.2) is 10.9 Å². The van der Waals surface area contributed by atoms with E-state index in [0.29, 0.717) is 27.5 Å². The molecule has 0 fully saturated rings. The average molecular weight is 344 g/mol. The smallest absolute Gasteiger partial charge is 0.200 e. The lowest BCUT2D eigenvalue weighted by Crippen LogP contribution is -2.06. The number of hydrogen-bond donors (Lipinski definition) is 1. The number of hydrogen-bond acceptors (Lipinski definition) is 4. The highest BCUT2D eigenvalue weighted by atomic mass is 16.3. The molecule has 0 atom stereocenters. The SMILES string of the molecule is Cc1ccc(O)c(C(=O)c2ccc3oc4ccc(C)cc4c(=O)c3c2)c1. The van der Waals surface area contributed by atoms with Gasteiger partial charge in [0.1, 0.15) is 16.9 Å². The molecule has 1 N–H and O–H groups in total. The predicted octanol–water partition coefficient (Wildman–Crippen LogP) is 4.50. The number of carbonyl (C=O) groups is 1. The van der Waals surface area contributed by atoms with Gasteiger partial charge in [0.2, 0.25) is 5.43 Å². The molecular formula is C22H16O4. The fraction of sp³-hybridized carbons (Fsp3) is 0.0909. The summed E-state index contributed by atoms with van der Waals surface area (Å²) in [5.74, 6) is -0.418. The largest absolute Gasteiger partial charge is 0.507 e. The molecule has 0 aliphatic heterocycles. The number of carbonyl (C=O) groups excluding carboxylic acids is 1. The van der Waals surface area contributed by atoms with Crippen LogP contribution >= 0.6 is 0 Å². The first-order chi connectivity index (χ1) is 12.4. The Kier molecular flexibility index (Phi) is 3.62. The van der Waals surface area contributed by atoms with Gasteiger partial charge in [-0.2, -0.15) is 0 Å². The monoisotopic (exact) mass is 344 g/mol. The summed E-state index contributed by atoms with van der Waals surface area (Å²) in [5.41, 5.74) is 3.14. The molecule has 4 rings (SSSR count). The first kappa shape index (κ1) is 16.1. The van der Waals surface area contributed by atoms with Crippen LogP contribution in [0.1, 0.15) is 27.0 Å². The van der Waals surface area contributed by atoms with Gasteiger partial charge < -0.3 is 9.52 Å². The Bertz CT molecular complexity index is 1250. The maximum atomic E-state index is 12.9. The minimum Gasteiger partial charge on any atom is -0.507 e. The molecule has 4 heteroatoms. The number of phenols is 1. The zero-order chi connectivity index (χ0) is 18.4. The van der Waals surface area contributed by atoms with Crippen LogP contribution in [0, 0.1) is 13.8 Å². The van der Waals surface area contributed by atoms with E-state index in [1.165, 1.54) is 12.1 Å². The number of fused-ring (bicyclic) bond motifs is 2. The Morgan fingerprint density at radius 2 is 1.46 bits per heavy atom. The third kappa shape index (κ3) is 2.56. The molecule has 0 saturated heterocycles. The Morgan fingerprint density at radius 1 is 0.846 bits per heavy atom. The topological polar surface area (TPSA) is 67.5 Å². The van der Waals surface area contributed by atoms with Crippen molar-refractivity contribution in [1.29, 1.82) is 0 Å². The molecule has 0 aliphatic rings. The van der Waals surface area contributed by atoms with Gasteiger partial charge in [-0.05, 0) is 56.3 Å². The van der Waals surface area contributed by atoms with Gasteiger partial charge in [0.05, 0.1) is 16.3 Å². The van der Waals surface area contributed by atoms with E-state index < -0.39 is 0 Å². The van der Waals surface area contributed by atoms with Gasteiger partial charge >= 0.3 is 0 Å². The van der Waals surface area contributed by atoms with E-state index >= 15 is 0 Å². The zero-order valence-corrected chi connectivity index (χ0v) is 14.4. The van der Waals surface area contributed by atoms with Crippen LogP contribution in [0.15, 0.2) is 63.8 Å². The van der Waals surface area contributed by atoms with Gasteiger partial charge in [0.15, 0.2) is 5.78 Å². The second kappa shape index (κ2) is 5.85. The van der Waals surface area contributed by atoms with Crippen molar-refractivity contribution in [3.8, 4) is 5.75 Å². The van der Waals surface area contributed by atoms with E-state index in [2.05, 4.69) is 0 Å². The first-order valence-electron chi connectivity index (χ1n) is 8.25. The molecule has 0 radical (unpaired) electrons. The number of aromatic hydroxyl groups is 1. The summed E-state index contributed by atoms with van der Waals surface area (Å²) in [7, 11) is 0. The summed E-state index contributed by atoms with van der Waals surface area (Å²) in [4.78, 5) is 25.7. The Hall–Kier alpha value is -3.40. The van der Waals surface area contributed by atoms with Crippen LogP contribution in [0.2, 0.25) is 0 Å². The molecule has 26 heavy (non-hydrogen) atoms. The lowest BCUT2D eigenvalue weighted by molar-refractivity contribution is 0.103. The van der Waals surface area contributed by atoms with Gasteiger partial charge in [-0.25, -0.2) is 0 Å². The molecule has 1 aromatic heterocycles. The standard InChI is InChI=1S/C22H16O4/c1-12-3-6-18(23)15(9-12)21(24)14-5-8-20-17(11-14)22(25)16-10-13(2)4-7-19(16)26-20/h3-11,23H,1-2H3. The summed E-state index contributed by atoms with van der Waals surface area (Å²) in [6, 6.07) is 15.1. The van der Waals surface area contributed by atoms with Gasteiger partial charge in [-0.1, -0.05) is 23.3 Å². The maximum Gasteiger partial charge on any atom is 0.200 e. The first-order valence-corrected chi connectivity index (χ1v) is 8.25. The van der Waals surface area contributed by atoms with Crippen molar-refractivity contribution < 1.29 is 14.3 Å². The molecule has 0 aliphatic carbocycles. The van der Waals surface area contributed by atoms with Gasteiger partial charge in [0, 0.05) is 5.56 Å². The van der Waals surface area contributed by atoms with E-state index in [4.69, 9.17) is 4.42 Å². The number of phenolic OH excluding ortho intramolecular Hbond substituents is 1. The van der Waals surface area contributed by atoms with E-state index in [9.17, 15) is 14.7 Å². The fourth-order valence-corrected chi connectivity index (χ4v) is 3.10. The Balaban J connectivity index is 1.93. The van der Waals surface area contributed by atoms with Crippen LogP contribution in [0.5, 0.6) is 5.75 Å². The molecule has 0 amide bonds. The molecular weight excluding hydrogens is 328 g/mol. The lowest BCUT2D eigenvalue weighted by Gasteiger charge is -2.07. The van der Waals surface area contributed by atoms with Gasteiger partial charge in [0.25, 0.3) is 0 Å². The molecule has 128 valence electrons. The second-order valence-electron chi connectivity index (χ2n) is 6.49. The van der Waals surface area contributed by atoms with Crippen LogP contribution in [0.25, 0.3) is 21.9 Å². The van der Waals surface area contributed by atoms with Crippen LogP contribution in [0.4, 0.5) is 0 Å². The molecule has 0 spiro atoms. The van der Waals surface area contributed by atoms with Crippen LogP contribution < -0.4 is 5.43 Å². The summed E-state index contributed by atoms with van der Waals surface area (Å²) < 4.78 is 5.80. The average Bonchev–Trinajstić information content (AvgIpc) is 2.64. The van der Waals surface area contributed by atoms with Gasteiger partial charge in [-0.3, -0.25) is 9.59 Å². The van der Waals surface area contributed by atoms with E-state index in [1.807, 2.05) is 19.9 Å². The molecule has 1 heterocycles. The molecule has 0 saturated carbocycles. The van der Waals surface area contributed by atoms with Crippen LogP contribution in [-0.2, 0) is 0 Å². The van der Waals surface area contributed by atoms with Crippen LogP contribution in [0.3, 0.4) is 0 Å². The number of ketones is 1. The Labute approximate surface area is 149 Å². The van der Waals surface area contributed by atoms with Crippen molar-refractivity contribution in [2.75, 3.05) is 0 Å². The number of rotatable bonds is 2. The number of benzene rings is 3. The van der Waals surface area contributed by atoms with E-state index in [1.54, 1.807) is 36.4 Å². The third-order valence-electron chi connectivity index (χ3n) is 4.48. The fourth-order valence-electron chi connectivity index (χ4n) is 3.10. The maximum absolute atomic E-state index is 12.9. The minimum absolute atomic E-state index is 0.0816. The minimum atomic E-state index is -0.336. The molecule has 0 unspecified atom stereocenters. The molecule has 0 bridgehead atoms. The van der Waals surface area contributed by atoms with Crippen molar-refractivity contribution in [2.45, 2.75) is 13.8 Å². The molecule has 3 aromatic carbocycles. The quantitative estimate of drug-likeness (QED) is 0.429. The summed E-state index contributed by atoms with van der Waals surface area (Å²) in [6.07, 6.45) is 0. The van der Waals surface area contributed by atoms with Crippen molar-refractivity contribution in [3.63, 3.8) is 0 Å². The summed E-state index contributed by atoms with van der Waals surface area (Å²) in [6.45, 7) is 3.75. The van der Waals surface area contributed by atoms with Gasteiger partial charge in [-0.15, -0.1) is 0 Å². The van der Waals surface area contributed by atoms with E-state index in [-0.39, 0.29) is 22.5 Å². The predicted molar refractivity (Wildman–Crippen MR) is 101 cm³/mol. The highest BCUT2D eigenvalue weighted by molar-refractivity contribution is 6.12. The highest BCUT2D eigenvalue weighted by Crippen LogP contribution is 2.25.